The van der Waals surface area contributed by atoms with Crippen LogP contribution in [0.1, 0.15) is 0 Å². The molecule has 0 aromatic heterocycles. The monoisotopic (exact) mass is 492 g/mol. The lowest BCUT2D eigenvalue weighted by Crippen LogP contribution is -2.10. The Labute approximate surface area is 191 Å². The second-order valence-corrected chi connectivity index (χ2v) is 11.9. The van der Waals surface area contributed by atoms with Crippen LogP contribution in [0.4, 0.5) is 0 Å². The van der Waals surface area contributed by atoms with Crippen molar-refractivity contribution < 1.29 is 30.5 Å². The highest BCUT2D eigenvalue weighted by Gasteiger charge is 2.29. The summed E-state index contributed by atoms with van der Waals surface area (Å²) in [5.41, 5.74) is 0. The molecule has 3 aromatic carbocycles. The highest BCUT2D eigenvalue weighted by molar-refractivity contribution is 8.08. The van der Waals surface area contributed by atoms with Crippen LogP contribution in [0, 0.1) is 0 Å². The van der Waals surface area contributed by atoms with E-state index in [1.54, 1.807) is 36.0 Å². The lowest BCUT2D eigenvalue weighted by molar-refractivity contribution is 0.414. The van der Waals surface area contributed by atoms with Crippen LogP contribution in [0.2, 0.25) is 0 Å². The van der Waals surface area contributed by atoms with Gasteiger partial charge in [-0.15, -0.1) is 0 Å². The molecule has 1 aliphatic heterocycles. The minimum atomic E-state index is -3.99. The third kappa shape index (κ3) is 5.56. The summed E-state index contributed by atoms with van der Waals surface area (Å²) in [5.74, 6) is 2.62. The summed E-state index contributed by atoms with van der Waals surface area (Å²) >= 11 is 1.64. The first-order chi connectivity index (χ1) is 15.2. The summed E-state index contributed by atoms with van der Waals surface area (Å²) in [4.78, 5) is 0.277. The van der Waals surface area contributed by atoms with Gasteiger partial charge in [0.2, 0.25) is 0 Å². The number of rotatable bonds is 9. The van der Waals surface area contributed by atoms with Crippen molar-refractivity contribution in [3.8, 4) is 23.0 Å². The zero-order valence-corrected chi connectivity index (χ0v) is 19.5. The second kappa shape index (κ2) is 9.05. The van der Waals surface area contributed by atoms with Gasteiger partial charge in [0, 0.05) is 11.0 Å². The van der Waals surface area contributed by atoms with Gasteiger partial charge in [-0.25, -0.2) is 8.42 Å². The van der Waals surface area contributed by atoms with Crippen LogP contribution in [0.15, 0.2) is 82.6 Å². The molecule has 0 saturated carbocycles. The van der Waals surface area contributed by atoms with Gasteiger partial charge in [0.1, 0.15) is 27.9 Å². The summed E-state index contributed by atoms with van der Waals surface area (Å²) in [7, 11) is -5.79. The van der Waals surface area contributed by atoms with Gasteiger partial charge in [-0.3, -0.25) is 0 Å². The van der Waals surface area contributed by atoms with Crippen LogP contribution in [0.3, 0.4) is 0 Å². The highest BCUT2D eigenvalue weighted by atomic mass is 32.2. The quantitative estimate of drug-likeness (QED) is 0.325. The maximum Gasteiger partial charge on any atom is 0.339 e. The zero-order chi connectivity index (χ0) is 22.8. The van der Waals surface area contributed by atoms with Crippen molar-refractivity contribution in [1.29, 1.82) is 0 Å². The molecular formula is C22H20O7S3. The highest BCUT2D eigenvalue weighted by Crippen LogP contribution is 2.33. The number of ether oxygens (including phenoxy) is 2. The molecule has 1 atom stereocenters. The van der Waals surface area contributed by atoms with E-state index >= 15 is 0 Å². The molecule has 0 radical (unpaired) electrons. The molecule has 168 valence electrons. The summed E-state index contributed by atoms with van der Waals surface area (Å²) in [5, 5.41) is 0.199. The fourth-order valence-corrected chi connectivity index (χ4v) is 6.44. The fraction of sp³-hybridized carbons (Fsp3) is 0.182. The van der Waals surface area contributed by atoms with Crippen molar-refractivity contribution in [3.63, 3.8) is 0 Å². The minimum Gasteiger partial charge on any atom is -0.497 e. The predicted molar refractivity (Wildman–Crippen MR) is 122 cm³/mol. The molecule has 1 aliphatic rings. The molecule has 1 saturated heterocycles. The van der Waals surface area contributed by atoms with Crippen LogP contribution in [-0.4, -0.2) is 40.7 Å². The molecule has 0 aliphatic carbocycles. The van der Waals surface area contributed by atoms with E-state index < -0.39 is 20.0 Å². The zero-order valence-electron chi connectivity index (χ0n) is 17.0. The number of methoxy groups -OCH3 is 1. The van der Waals surface area contributed by atoms with Gasteiger partial charge in [-0.05, 0) is 72.8 Å². The van der Waals surface area contributed by atoms with Gasteiger partial charge in [-0.1, -0.05) is 0 Å². The molecule has 0 amide bonds. The van der Waals surface area contributed by atoms with Crippen molar-refractivity contribution in [2.24, 2.45) is 0 Å². The van der Waals surface area contributed by atoms with Crippen molar-refractivity contribution in [3.05, 3.63) is 72.8 Å². The van der Waals surface area contributed by atoms with Crippen LogP contribution in [0.5, 0.6) is 23.0 Å². The molecule has 32 heavy (non-hydrogen) atoms. The van der Waals surface area contributed by atoms with Gasteiger partial charge >= 0.3 is 10.1 Å². The van der Waals surface area contributed by atoms with Crippen molar-refractivity contribution in [2.75, 3.05) is 18.6 Å². The lowest BCUT2D eigenvalue weighted by Gasteiger charge is -2.10. The Balaban J connectivity index is 1.40. The van der Waals surface area contributed by atoms with Crippen LogP contribution in [-0.2, 0) is 20.0 Å². The topological polar surface area (TPSA) is 96.0 Å². The molecule has 0 bridgehead atoms. The third-order valence-electron chi connectivity index (χ3n) is 4.60. The number of hydrogen-bond acceptors (Lipinski definition) is 8. The number of sulfone groups is 1. The van der Waals surface area contributed by atoms with Crippen molar-refractivity contribution >= 4 is 31.7 Å². The van der Waals surface area contributed by atoms with Crippen LogP contribution in [0.25, 0.3) is 0 Å². The van der Waals surface area contributed by atoms with E-state index in [4.69, 9.17) is 13.7 Å². The molecular weight excluding hydrogens is 472 g/mol. The van der Waals surface area contributed by atoms with Crippen molar-refractivity contribution in [2.45, 2.75) is 15.0 Å². The standard InChI is InChI=1S/C22H20O7S3/c1-27-16-6-12-22(13-7-16)32(25,26)29-19-4-2-17(3-5-19)28-18-8-10-21(11-9-18)31(23,24)15-20-14-30-20/h2-13,20H,14-15H2,1H3. The minimum absolute atomic E-state index is 0.00829. The van der Waals surface area contributed by atoms with Gasteiger partial charge in [0.15, 0.2) is 9.84 Å². The van der Waals surface area contributed by atoms with E-state index in [0.717, 1.165) is 5.75 Å². The van der Waals surface area contributed by atoms with E-state index in [-0.39, 0.29) is 26.5 Å². The SMILES string of the molecule is COc1ccc(S(=O)(=O)Oc2ccc(Oc3ccc(S(=O)(=O)CC4CS4)cc3)cc2)cc1. The summed E-state index contributed by atoms with van der Waals surface area (Å²) in [6.07, 6.45) is 0. The van der Waals surface area contributed by atoms with E-state index in [1.165, 1.54) is 55.6 Å². The third-order valence-corrected chi connectivity index (χ3v) is 8.88. The fourth-order valence-electron chi connectivity index (χ4n) is 2.84. The van der Waals surface area contributed by atoms with Crippen LogP contribution >= 0.6 is 11.8 Å². The average molecular weight is 493 g/mol. The second-order valence-electron chi connectivity index (χ2n) is 6.99. The molecule has 7 nitrogen and oxygen atoms in total. The normalized spacial score (nSPS) is 15.7. The Hall–Kier alpha value is -2.69. The van der Waals surface area contributed by atoms with E-state index in [0.29, 0.717) is 17.2 Å². The average Bonchev–Trinajstić information content (AvgIpc) is 3.59. The van der Waals surface area contributed by atoms with Gasteiger partial charge in [-0.2, -0.15) is 20.2 Å². The summed E-state index contributed by atoms with van der Waals surface area (Å²) in [6, 6.07) is 18.2. The lowest BCUT2D eigenvalue weighted by atomic mass is 10.3. The number of hydrogen-bond donors (Lipinski definition) is 0. The first-order valence-electron chi connectivity index (χ1n) is 9.56. The summed E-state index contributed by atoms with van der Waals surface area (Å²) in [6.45, 7) is 0. The molecule has 1 heterocycles. The van der Waals surface area contributed by atoms with Gasteiger partial charge in [0.25, 0.3) is 0 Å². The number of thioether (sulfide) groups is 1. The molecule has 3 aromatic rings. The van der Waals surface area contributed by atoms with E-state index in [1.807, 2.05) is 0 Å². The molecule has 0 spiro atoms. The Kier molecular flexibility index (Phi) is 6.36. The van der Waals surface area contributed by atoms with Gasteiger partial charge < -0.3 is 13.7 Å². The predicted octanol–water partition coefficient (Wildman–Crippen LogP) is 4.14. The van der Waals surface area contributed by atoms with Gasteiger partial charge in [0.05, 0.1) is 17.8 Å². The smallest absolute Gasteiger partial charge is 0.339 e. The summed E-state index contributed by atoms with van der Waals surface area (Å²) < 4.78 is 65.4. The molecule has 4 rings (SSSR count). The molecule has 0 N–H and O–H groups in total. The maximum absolute atomic E-state index is 12.4. The Morgan fingerprint density at radius 2 is 1.22 bits per heavy atom. The van der Waals surface area contributed by atoms with Crippen LogP contribution < -0.4 is 13.7 Å². The Morgan fingerprint density at radius 3 is 1.75 bits per heavy atom. The first-order valence-corrected chi connectivity index (χ1v) is 13.7. The number of benzene rings is 3. The Morgan fingerprint density at radius 1 is 0.750 bits per heavy atom. The molecule has 10 heteroatoms. The first kappa shape index (κ1) is 22.5. The Bertz CT molecular complexity index is 1280. The molecule has 1 unspecified atom stereocenters. The van der Waals surface area contributed by atoms with E-state index in [2.05, 4.69) is 0 Å². The maximum atomic E-state index is 12.4. The van der Waals surface area contributed by atoms with E-state index in [9.17, 15) is 16.8 Å². The largest absolute Gasteiger partial charge is 0.497 e. The molecule has 1 fully saturated rings. The van der Waals surface area contributed by atoms with Crippen molar-refractivity contribution in [1.82, 2.24) is 0 Å².